The van der Waals surface area contributed by atoms with Gasteiger partial charge in [0.2, 0.25) is 0 Å². The van der Waals surface area contributed by atoms with Crippen molar-refractivity contribution in [2.45, 2.75) is 26.3 Å². The van der Waals surface area contributed by atoms with Crippen LogP contribution in [-0.4, -0.2) is 59.9 Å². The molecule has 2 heterocycles. The molecule has 1 aromatic heterocycles. The number of rotatable bonds is 8. The van der Waals surface area contributed by atoms with E-state index in [4.69, 9.17) is 14.9 Å². The summed E-state index contributed by atoms with van der Waals surface area (Å²) in [6.45, 7) is 8.86. The summed E-state index contributed by atoms with van der Waals surface area (Å²) in [4.78, 5) is 21.0. The Kier molecular flexibility index (Phi) is 7.50. The Balaban J connectivity index is 2.04. The predicted octanol–water partition coefficient (Wildman–Crippen LogP) is 2.43. The molecular formula is C24H29N7O4. The molecule has 0 fully saturated rings. The number of amides is 1. The highest BCUT2D eigenvalue weighted by atomic mass is 16.5. The van der Waals surface area contributed by atoms with E-state index in [9.17, 15) is 9.90 Å². The average Bonchev–Trinajstić information content (AvgIpc) is 3.38. The van der Waals surface area contributed by atoms with Gasteiger partial charge in [0.05, 0.1) is 43.9 Å². The first kappa shape index (κ1) is 25.4. The van der Waals surface area contributed by atoms with E-state index in [2.05, 4.69) is 27.2 Å². The fourth-order valence-corrected chi connectivity index (χ4v) is 3.15. The third-order valence-corrected chi connectivity index (χ3v) is 5.36. The molecular weight excluding hydrogens is 450 g/mol. The molecule has 3 N–H and O–H groups in total. The minimum atomic E-state index is -0.582. The maximum Gasteiger partial charge on any atom is 0.269 e. The van der Waals surface area contributed by atoms with Crippen molar-refractivity contribution in [1.29, 1.82) is 5.41 Å². The van der Waals surface area contributed by atoms with Crippen LogP contribution in [-0.2, 0) is 10.3 Å². The van der Waals surface area contributed by atoms with Gasteiger partial charge in [-0.15, -0.1) is 0 Å². The number of hydrogen-bond donors (Lipinski definition) is 3. The van der Waals surface area contributed by atoms with Crippen molar-refractivity contribution in [2.24, 2.45) is 9.98 Å². The van der Waals surface area contributed by atoms with E-state index < -0.39 is 5.54 Å². The summed E-state index contributed by atoms with van der Waals surface area (Å²) < 4.78 is 12.3. The zero-order chi connectivity index (χ0) is 25.8. The van der Waals surface area contributed by atoms with Gasteiger partial charge in [-0.05, 0) is 33.6 Å². The van der Waals surface area contributed by atoms with E-state index in [0.29, 0.717) is 34.2 Å². The van der Waals surface area contributed by atoms with E-state index in [-0.39, 0.29) is 24.0 Å². The number of methoxy groups -OCH3 is 2. The molecule has 0 unspecified atom stereocenters. The molecule has 0 radical (unpaired) electrons. The maximum absolute atomic E-state index is 12.7. The molecule has 1 aliphatic heterocycles. The van der Waals surface area contributed by atoms with Gasteiger partial charge in [0.15, 0.2) is 5.84 Å². The Labute approximate surface area is 203 Å². The Morgan fingerprint density at radius 1 is 1.23 bits per heavy atom. The minimum Gasteiger partial charge on any atom is -0.497 e. The number of nitrogens with one attached hydrogen (secondary N) is 2. The van der Waals surface area contributed by atoms with Crippen LogP contribution in [0.4, 0.5) is 5.69 Å². The van der Waals surface area contributed by atoms with Gasteiger partial charge in [0.1, 0.15) is 17.2 Å². The molecule has 0 saturated carbocycles. The highest BCUT2D eigenvalue weighted by molar-refractivity contribution is 6.07. The van der Waals surface area contributed by atoms with Crippen molar-refractivity contribution in [3.05, 3.63) is 59.7 Å². The van der Waals surface area contributed by atoms with Gasteiger partial charge in [-0.25, -0.2) is 15.0 Å². The second-order valence-electron chi connectivity index (χ2n) is 8.30. The minimum absolute atomic E-state index is 0.0850. The van der Waals surface area contributed by atoms with E-state index in [1.54, 1.807) is 42.2 Å². The highest BCUT2D eigenvalue weighted by Gasteiger charge is 2.24. The van der Waals surface area contributed by atoms with E-state index >= 15 is 0 Å². The van der Waals surface area contributed by atoms with Crippen molar-refractivity contribution in [1.82, 2.24) is 15.2 Å². The van der Waals surface area contributed by atoms with Crippen LogP contribution in [0.2, 0.25) is 0 Å². The summed E-state index contributed by atoms with van der Waals surface area (Å²) in [5.41, 5.74) is 4.70. The van der Waals surface area contributed by atoms with E-state index in [0.717, 1.165) is 0 Å². The first-order valence-electron chi connectivity index (χ1n) is 10.7. The number of ether oxygens (including phenoxy) is 2. The quantitative estimate of drug-likeness (QED) is 0.393. The lowest BCUT2D eigenvalue weighted by Crippen LogP contribution is -2.44. The summed E-state index contributed by atoms with van der Waals surface area (Å²) in [7, 11) is 3.04. The monoisotopic (exact) mass is 479 g/mol. The number of anilines is 1. The Hall–Kier alpha value is -4.25. The number of nitrogens with zero attached hydrogens (tertiary/aromatic N) is 5. The molecule has 3 rings (SSSR count). The van der Waals surface area contributed by atoms with Crippen molar-refractivity contribution in [2.75, 3.05) is 25.8 Å². The summed E-state index contributed by atoms with van der Waals surface area (Å²) in [5, 5.41) is 23.5. The Morgan fingerprint density at radius 3 is 2.46 bits per heavy atom. The number of aromatic nitrogens is 2. The van der Waals surface area contributed by atoms with Crippen LogP contribution in [0.15, 0.2) is 64.1 Å². The largest absolute Gasteiger partial charge is 0.497 e. The predicted molar refractivity (Wildman–Crippen MR) is 134 cm³/mol. The maximum atomic E-state index is 12.7. The smallest absolute Gasteiger partial charge is 0.269 e. The third-order valence-electron chi connectivity index (χ3n) is 5.36. The molecule has 1 aromatic carbocycles. The second kappa shape index (κ2) is 10.3. The number of carbonyl (C=O) groups excluding carboxylic acids is 1. The lowest BCUT2D eigenvalue weighted by atomic mass is 10.1. The van der Waals surface area contributed by atoms with Gasteiger partial charge in [0.25, 0.3) is 5.91 Å². The van der Waals surface area contributed by atoms with Crippen LogP contribution in [0.5, 0.6) is 11.5 Å². The Morgan fingerprint density at radius 2 is 1.89 bits per heavy atom. The lowest BCUT2D eigenvalue weighted by molar-refractivity contribution is -0.114. The lowest BCUT2D eigenvalue weighted by Gasteiger charge is -2.28. The molecule has 2 aromatic rings. The number of hydrazine groups is 1. The molecule has 184 valence electrons. The van der Waals surface area contributed by atoms with Crippen LogP contribution >= 0.6 is 0 Å². The molecule has 0 saturated heterocycles. The van der Waals surface area contributed by atoms with Gasteiger partial charge in [-0.2, -0.15) is 5.10 Å². The number of benzene rings is 1. The van der Waals surface area contributed by atoms with E-state index in [1.807, 2.05) is 13.8 Å². The number of aliphatic imine (C=N–C) groups is 2. The van der Waals surface area contributed by atoms with Crippen molar-refractivity contribution < 1.29 is 19.4 Å². The molecule has 0 aliphatic carbocycles. The number of amidine groups is 1. The van der Waals surface area contributed by atoms with Crippen LogP contribution in [0, 0.1) is 5.41 Å². The van der Waals surface area contributed by atoms with Crippen LogP contribution in [0.3, 0.4) is 0 Å². The standard InChI is InChI=1S/C24H29N7O4/c1-15(16-12-27-30(13-16)24(2,3)14-32)28-22(23(25)26-4)20-7-8-21(33)31(29-20)17-9-18(34-5)11-19(10-17)35-6/h7-13,25,29,32H,4,14H2,1-3,5-6H3. The first-order valence-corrected chi connectivity index (χ1v) is 10.7. The normalized spacial score (nSPS) is 15.5. The molecule has 11 nitrogen and oxygen atoms in total. The third kappa shape index (κ3) is 5.46. The van der Waals surface area contributed by atoms with Gasteiger partial charge >= 0.3 is 0 Å². The number of hydrogen-bond acceptors (Lipinski definition) is 8. The molecule has 35 heavy (non-hydrogen) atoms. The van der Waals surface area contributed by atoms with Crippen LogP contribution in [0.25, 0.3) is 0 Å². The van der Waals surface area contributed by atoms with Crippen molar-refractivity contribution in [3.63, 3.8) is 0 Å². The molecule has 11 heteroatoms. The van der Waals surface area contributed by atoms with Gasteiger partial charge < -0.3 is 14.6 Å². The highest BCUT2D eigenvalue weighted by Crippen LogP contribution is 2.29. The first-order chi connectivity index (χ1) is 16.6. The second-order valence-corrected chi connectivity index (χ2v) is 8.30. The van der Waals surface area contributed by atoms with Crippen molar-refractivity contribution >= 4 is 29.9 Å². The van der Waals surface area contributed by atoms with Gasteiger partial charge in [0, 0.05) is 41.7 Å². The summed E-state index contributed by atoms with van der Waals surface area (Å²) in [5.74, 6) is 0.490. The summed E-state index contributed by atoms with van der Waals surface area (Å²) in [6, 6.07) is 5.04. The van der Waals surface area contributed by atoms with Crippen LogP contribution < -0.4 is 19.9 Å². The topological polar surface area (TPSA) is 137 Å². The van der Waals surface area contributed by atoms with Crippen molar-refractivity contribution in [3.8, 4) is 11.5 Å². The number of aliphatic hydroxyl groups excluding tert-OH is 1. The molecule has 1 aliphatic rings. The zero-order valence-electron chi connectivity index (χ0n) is 20.4. The summed E-state index contributed by atoms with van der Waals surface area (Å²) >= 11 is 0. The van der Waals surface area contributed by atoms with E-state index in [1.165, 1.54) is 31.4 Å². The Bertz CT molecular complexity index is 1220. The SMILES string of the molecule is C=NC(=N)C(N=C(C)c1cnn(C(C)(C)CO)c1)=C1C=CC(=O)N(c2cc(OC)cc(OC)c2)N1. The summed E-state index contributed by atoms with van der Waals surface area (Å²) in [6.07, 6.45) is 6.29. The number of carbonyl (C=O) groups is 1. The number of allylic oxidation sites excluding steroid dienone is 1. The van der Waals surface area contributed by atoms with Crippen LogP contribution in [0.1, 0.15) is 26.3 Å². The number of aliphatic hydroxyl groups is 1. The molecule has 1 amide bonds. The fourth-order valence-electron chi connectivity index (χ4n) is 3.15. The fraction of sp³-hybridized carbons (Fsp3) is 0.292. The molecule has 0 bridgehead atoms. The average molecular weight is 480 g/mol. The molecule has 0 spiro atoms. The zero-order valence-corrected chi connectivity index (χ0v) is 20.4. The molecule has 0 atom stereocenters. The van der Waals surface area contributed by atoms with Gasteiger partial charge in [-0.1, -0.05) is 0 Å². The van der Waals surface area contributed by atoms with Gasteiger partial charge in [-0.3, -0.25) is 20.3 Å².